The molecule has 0 fully saturated rings. The molecule has 0 radical (unpaired) electrons. The average molecular weight is 247 g/mol. The van der Waals surface area contributed by atoms with Gasteiger partial charge in [0.25, 0.3) is 0 Å². The molecule has 0 aliphatic rings. The zero-order valence-corrected chi connectivity index (χ0v) is 11.0. The number of carbonyl (C=O) groups is 1. The van der Waals surface area contributed by atoms with Crippen molar-refractivity contribution < 1.29 is 9.53 Å². The van der Waals surface area contributed by atoms with Crippen molar-refractivity contribution in [3.05, 3.63) is 24.3 Å². The lowest BCUT2D eigenvalue weighted by atomic mass is 9.94. The highest BCUT2D eigenvalue weighted by molar-refractivity contribution is 5.74. The van der Waals surface area contributed by atoms with Crippen molar-refractivity contribution >= 4 is 17.0 Å². The normalized spacial score (nSPS) is 13.6. The van der Waals surface area contributed by atoms with E-state index in [9.17, 15) is 4.79 Å². The molecule has 1 aromatic heterocycles. The summed E-state index contributed by atoms with van der Waals surface area (Å²) in [7, 11) is 0. The number of hydrogen-bond donors (Lipinski definition) is 0. The summed E-state index contributed by atoms with van der Waals surface area (Å²) in [6, 6.07) is 7.61. The van der Waals surface area contributed by atoms with Crippen LogP contribution < -0.4 is 0 Å². The van der Waals surface area contributed by atoms with E-state index in [-0.39, 0.29) is 11.4 Å². The molecule has 0 N–H and O–H groups in total. The van der Waals surface area contributed by atoms with E-state index in [4.69, 9.17) is 4.74 Å². The van der Waals surface area contributed by atoms with E-state index >= 15 is 0 Å². The van der Waals surface area contributed by atoms with E-state index in [1.165, 1.54) is 6.92 Å². The number of ether oxygens (including phenoxy) is 1. The Morgan fingerprint density at radius 2 is 2.00 bits per heavy atom. The van der Waals surface area contributed by atoms with Gasteiger partial charge in [-0.05, 0) is 12.1 Å². The maximum Gasteiger partial charge on any atom is 0.304 e. The van der Waals surface area contributed by atoms with Crippen LogP contribution in [0.1, 0.15) is 33.9 Å². The predicted octanol–water partition coefficient (Wildman–Crippen LogP) is 2.54. The first-order valence-corrected chi connectivity index (χ1v) is 5.87. The molecule has 0 amide bonds. The van der Waals surface area contributed by atoms with Crippen LogP contribution in [0.5, 0.6) is 0 Å². The minimum Gasteiger partial charge on any atom is -0.439 e. The van der Waals surface area contributed by atoms with Crippen molar-refractivity contribution in [2.75, 3.05) is 0 Å². The third kappa shape index (κ3) is 2.34. The Kier molecular flexibility index (Phi) is 3.07. The molecule has 2 rings (SSSR count). The molecule has 96 valence electrons. The van der Waals surface area contributed by atoms with Gasteiger partial charge in [0, 0.05) is 12.3 Å². The lowest BCUT2D eigenvalue weighted by Gasteiger charge is -2.29. The fourth-order valence-corrected chi connectivity index (χ4v) is 1.81. The smallest absolute Gasteiger partial charge is 0.304 e. The quantitative estimate of drug-likeness (QED) is 0.765. The van der Waals surface area contributed by atoms with E-state index in [1.54, 1.807) is 4.68 Å². The Bertz CT molecular complexity index is 569. The Morgan fingerprint density at radius 3 is 2.61 bits per heavy atom. The number of fused-ring (bicyclic) bond motifs is 1. The van der Waals surface area contributed by atoms with E-state index in [0.717, 1.165) is 11.0 Å². The predicted molar refractivity (Wildman–Crippen MR) is 67.8 cm³/mol. The SMILES string of the molecule is CC(=O)OC(n1nnc2ccccc21)C(C)(C)C. The second kappa shape index (κ2) is 4.40. The number of hydrogen-bond acceptors (Lipinski definition) is 4. The molecule has 1 aromatic carbocycles. The average Bonchev–Trinajstić information content (AvgIpc) is 2.67. The second-order valence-corrected chi connectivity index (χ2v) is 5.35. The van der Waals surface area contributed by atoms with Crippen LogP contribution in [0.3, 0.4) is 0 Å². The lowest BCUT2D eigenvalue weighted by Crippen LogP contribution is -2.29. The van der Waals surface area contributed by atoms with E-state index < -0.39 is 6.23 Å². The van der Waals surface area contributed by atoms with Crippen LogP contribution >= 0.6 is 0 Å². The monoisotopic (exact) mass is 247 g/mol. The van der Waals surface area contributed by atoms with Crippen LogP contribution in [0.25, 0.3) is 11.0 Å². The van der Waals surface area contributed by atoms with Gasteiger partial charge in [-0.25, -0.2) is 4.68 Å². The van der Waals surface area contributed by atoms with Crippen molar-refractivity contribution in [2.24, 2.45) is 5.41 Å². The first kappa shape index (κ1) is 12.5. The van der Waals surface area contributed by atoms with E-state index in [0.29, 0.717) is 0 Å². The topological polar surface area (TPSA) is 57.0 Å². The van der Waals surface area contributed by atoms with Crippen LogP contribution in [0.4, 0.5) is 0 Å². The Balaban J connectivity index is 2.51. The summed E-state index contributed by atoms with van der Waals surface area (Å²) in [5.74, 6) is -0.325. The highest BCUT2D eigenvalue weighted by Gasteiger charge is 2.31. The third-order valence-corrected chi connectivity index (χ3v) is 2.62. The molecule has 5 heteroatoms. The number of aromatic nitrogens is 3. The van der Waals surface area contributed by atoms with Gasteiger partial charge in [0.2, 0.25) is 6.23 Å². The van der Waals surface area contributed by atoms with Crippen LogP contribution in [0, 0.1) is 5.41 Å². The Hall–Kier alpha value is -1.91. The van der Waals surface area contributed by atoms with Gasteiger partial charge >= 0.3 is 5.97 Å². The summed E-state index contributed by atoms with van der Waals surface area (Å²) in [6.07, 6.45) is -0.470. The summed E-state index contributed by atoms with van der Waals surface area (Å²) in [5, 5.41) is 8.19. The molecule has 1 unspecified atom stereocenters. The molecule has 0 bridgehead atoms. The minimum atomic E-state index is -0.470. The molecule has 1 heterocycles. The summed E-state index contributed by atoms with van der Waals surface area (Å²) >= 11 is 0. The fraction of sp³-hybridized carbons (Fsp3) is 0.462. The fourth-order valence-electron chi connectivity index (χ4n) is 1.81. The van der Waals surface area contributed by atoms with Gasteiger partial charge in [-0.2, -0.15) is 0 Å². The number of esters is 1. The summed E-state index contributed by atoms with van der Waals surface area (Å²) < 4.78 is 7.05. The maximum absolute atomic E-state index is 11.2. The molecule has 2 aromatic rings. The van der Waals surface area contributed by atoms with Crippen LogP contribution in [-0.4, -0.2) is 21.0 Å². The second-order valence-electron chi connectivity index (χ2n) is 5.35. The van der Waals surface area contributed by atoms with E-state index in [1.807, 2.05) is 45.0 Å². The minimum absolute atomic E-state index is 0.262. The first-order valence-electron chi connectivity index (χ1n) is 5.87. The van der Waals surface area contributed by atoms with Crippen molar-refractivity contribution in [1.82, 2.24) is 15.0 Å². The summed E-state index contributed by atoms with van der Waals surface area (Å²) in [4.78, 5) is 11.2. The number of nitrogens with zero attached hydrogens (tertiary/aromatic N) is 3. The van der Waals surface area contributed by atoms with Gasteiger partial charge in [-0.3, -0.25) is 4.79 Å². The highest BCUT2D eigenvalue weighted by atomic mass is 16.6. The largest absolute Gasteiger partial charge is 0.439 e. The Labute approximate surface area is 106 Å². The van der Waals surface area contributed by atoms with Gasteiger partial charge in [0.1, 0.15) is 5.52 Å². The molecule has 0 saturated heterocycles. The highest BCUT2D eigenvalue weighted by Crippen LogP contribution is 2.33. The molecule has 1 atom stereocenters. The third-order valence-electron chi connectivity index (χ3n) is 2.62. The number of rotatable bonds is 2. The van der Waals surface area contributed by atoms with Crippen molar-refractivity contribution in [2.45, 2.75) is 33.9 Å². The molecule has 5 nitrogen and oxygen atoms in total. The van der Waals surface area contributed by atoms with Crippen LogP contribution in [0.15, 0.2) is 24.3 Å². The Morgan fingerprint density at radius 1 is 1.33 bits per heavy atom. The number of carbonyl (C=O) groups excluding carboxylic acids is 1. The molecule has 0 aliphatic heterocycles. The number of para-hydroxylation sites is 1. The molecule has 0 spiro atoms. The molecular weight excluding hydrogens is 230 g/mol. The maximum atomic E-state index is 11.2. The molecule has 0 saturated carbocycles. The summed E-state index contributed by atoms with van der Waals surface area (Å²) in [6.45, 7) is 7.39. The first-order chi connectivity index (χ1) is 8.39. The van der Waals surface area contributed by atoms with Crippen LogP contribution in [0.2, 0.25) is 0 Å². The number of benzene rings is 1. The molecular formula is C13H17N3O2. The van der Waals surface area contributed by atoms with Crippen molar-refractivity contribution in [3.8, 4) is 0 Å². The van der Waals surface area contributed by atoms with Crippen molar-refractivity contribution in [1.29, 1.82) is 0 Å². The summed E-state index contributed by atoms with van der Waals surface area (Å²) in [5.41, 5.74) is 1.39. The molecule has 18 heavy (non-hydrogen) atoms. The van der Waals surface area contributed by atoms with Gasteiger partial charge in [0.05, 0.1) is 5.52 Å². The van der Waals surface area contributed by atoms with E-state index in [2.05, 4.69) is 10.3 Å². The van der Waals surface area contributed by atoms with Gasteiger partial charge < -0.3 is 4.74 Å². The van der Waals surface area contributed by atoms with Gasteiger partial charge in [0.15, 0.2) is 0 Å². The van der Waals surface area contributed by atoms with Gasteiger partial charge in [-0.15, -0.1) is 5.10 Å². The van der Waals surface area contributed by atoms with Gasteiger partial charge in [-0.1, -0.05) is 38.1 Å². The van der Waals surface area contributed by atoms with Crippen LogP contribution in [-0.2, 0) is 9.53 Å². The zero-order chi connectivity index (χ0) is 13.3. The lowest BCUT2D eigenvalue weighted by molar-refractivity contribution is -0.160. The molecule has 0 aliphatic carbocycles. The zero-order valence-electron chi connectivity index (χ0n) is 11.0. The standard InChI is InChI=1S/C13H17N3O2/c1-9(17)18-12(13(2,3)4)16-11-8-6-5-7-10(11)14-15-16/h5-8,12H,1-4H3. The van der Waals surface area contributed by atoms with Crippen molar-refractivity contribution in [3.63, 3.8) is 0 Å².